The second kappa shape index (κ2) is 6.05. The van der Waals surface area contributed by atoms with Crippen LogP contribution >= 0.6 is 0 Å². The number of nitrogens with zero attached hydrogens (tertiary/aromatic N) is 2. The molecular formula is C19H16N2O4. The Morgan fingerprint density at radius 1 is 1.28 bits per heavy atom. The van der Waals surface area contributed by atoms with E-state index in [0.717, 1.165) is 11.1 Å². The van der Waals surface area contributed by atoms with Crippen LogP contribution in [-0.4, -0.2) is 35.8 Å². The number of ether oxygens (including phenoxy) is 2. The van der Waals surface area contributed by atoms with Crippen LogP contribution in [0.2, 0.25) is 0 Å². The second-order valence-electron chi connectivity index (χ2n) is 5.85. The smallest absolute Gasteiger partial charge is 0.418 e. The molecule has 0 spiro atoms. The maximum absolute atomic E-state index is 12.7. The molecule has 2 aromatic rings. The van der Waals surface area contributed by atoms with E-state index in [1.807, 2.05) is 30.3 Å². The molecule has 0 saturated heterocycles. The predicted molar refractivity (Wildman–Crippen MR) is 91.0 cm³/mol. The fraction of sp³-hybridized carbons (Fsp3) is 0.211. The molecular weight excluding hydrogens is 320 g/mol. The van der Waals surface area contributed by atoms with Gasteiger partial charge in [-0.25, -0.2) is 9.36 Å². The van der Waals surface area contributed by atoms with E-state index >= 15 is 0 Å². The maximum atomic E-state index is 12.7. The summed E-state index contributed by atoms with van der Waals surface area (Å²) in [5.41, 5.74) is 3.48. The van der Waals surface area contributed by atoms with Gasteiger partial charge >= 0.3 is 6.09 Å². The first-order valence-electron chi connectivity index (χ1n) is 7.99. The summed E-state index contributed by atoms with van der Waals surface area (Å²) < 4.78 is 11.8. The average Bonchev–Trinajstić information content (AvgIpc) is 3.05. The molecule has 6 heteroatoms. The van der Waals surface area contributed by atoms with Gasteiger partial charge in [0.05, 0.1) is 12.8 Å². The van der Waals surface area contributed by atoms with Gasteiger partial charge in [0.1, 0.15) is 12.3 Å². The quantitative estimate of drug-likeness (QED) is 0.864. The number of allylic oxidation sites excluding steroid dienone is 2. The molecule has 0 N–H and O–H groups in total. The number of hydrogen-bond acceptors (Lipinski definition) is 5. The Morgan fingerprint density at radius 3 is 2.84 bits per heavy atom. The molecule has 25 heavy (non-hydrogen) atoms. The van der Waals surface area contributed by atoms with Crippen LogP contribution in [0, 0.1) is 0 Å². The molecule has 0 bridgehead atoms. The van der Waals surface area contributed by atoms with Gasteiger partial charge in [0, 0.05) is 24.4 Å². The van der Waals surface area contributed by atoms with Crippen molar-refractivity contribution in [3.8, 4) is 0 Å². The lowest BCUT2D eigenvalue weighted by molar-refractivity contribution is 0.0936. The molecule has 1 aliphatic carbocycles. The Bertz CT molecular complexity index is 922. The Balaban J connectivity index is 1.68. The fourth-order valence-corrected chi connectivity index (χ4v) is 3.14. The highest BCUT2D eigenvalue weighted by Gasteiger charge is 2.35. The Morgan fingerprint density at radius 2 is 2.08 bits per heavy atom. The lowest BCUT2D eigenvalue weighted by Gasteiger charge is -2.18. The molecule has 0 atom stereocenters. The molecule has 2 heterocycles. The molecule has 0 fully saturated rings. The van der Waals surface area contributed by atoms with Gasteiger partial charge in [-0.15, -0.1) is 0 Å². The monoisotopic (exact) mass is 336 g/mol. The minimum Gasteiger partial charge on any atom is -0.492 e. The number of ketones is 1. The highest BCUT2D eigenvalue weighted by molar-refractivity contribution is 6.26. The predicted octanol–water partition coefficient (Wildman–Crippen LogP) is 2.74. The lowest BCUT2D eigenvalue weighted by atomic mass is 9.93. The van der Waals surface area contributed by atoms with Gasteiger partial charge in [-0.3, -0.25) is 9.79 Å². The van der Waals surface area contributed by atoms with Crippen LogP contribution in [0.5, 0.6) is 0 Å². The van der Waals surface area contributed by atoms with Gasteiger partial charge in [0.2, 0.25) is 5.78 Å². The van der Waals surface area contributed by atoms with Crippen molar-refractivity contribution in [1.29, 1.82) is 0 Å². The molecule has 0 unspecified atom stereocenters. The van der Waals surface area contributed by atoms with Crippen molar-refractivity contribution in [1.82, 2.24) is 4.57 Å². The van der Waals surface area contributed by atoms with Crippen molar-refractivity contribution in [3.05, 3.63) is 70.7 Å². The molecule has 0 radical (unpaired) electrons. The number of benzene rings is 1. The SMILES string of the molecule is COC1=CC2=NCCc3cn(C(=O)OCc4ccccc4)c(c32)C1=O. The standard InChI is InChI=1S/C19H16N2O4/c1-24-15-9-14-16-13(7-8-20-14)10-21(17(16)18(15)22)19(23)25-11-12-5-3-2-4-6-12/h2-6,9-10H,7-8,11H2,1H3. The number of rotatable bonds is 3. The van der Waals surface area contributed by atoms with E-state index in [0.29, 0.717) is 24.2 Å². The molecule has 1 aromatic heterocycles. The number of methoxy groups -OCH3 is 1. The maximum Gasteiger partial charge on any atom is 0.418 e. The molecule has 6 nitrogen and oxygen atoms in total. The summed E-state index contributed by atoms with van der Waals surface area (Å²) in [4.78, 5) is 29.7. The molecule has 0 amide bonds. The zero-order chi connectivity index (χ0) is 17.4. The molecule has 4 rings (SSSR count). The topological polar surface area (TPSA) is 69.9 Å². The van der Waals surface area contributed by atoms with Crippen molar-refractivity contribution in [2.45, 2.75) is 13.0 Å². The summed E-state index contributed by atoms with van der Waals surface area (Å²) in [5.74, 6) is -0.156. The van der Waals surface area contributed by atoms with Crippen LogP contribution in [0.1, 0.15) is 27.2 Å². The molecule has 1 aromatic carbocycles. The number of carbonyl (C=O) groups excluding carboxylic acids is 2. The largest absolute Gasteiger partial charge is 0.492 e. The van der Waals surface area contributed by atoms with E-state index in [9.17, 15) is 9.59 Å². The number of aromatic nitrogens is 1. The number of hydrogen-bond donors (Lipinski definition) is 0. The minimum atomic E-state index is -0.585. The van der Waals surface area contributed by atoms with Crippen molar-refractivity contribution in [2.24, 2.45) is 4.99 Å². The highest BCUT2D eigenvalue weighted by atomic mass is 16.5. The Kier molecular flexibility index (Phi) is 3.72. The molecule has 0 saturated carbocycles. The summed E-state index contributed by atoms with van der Waals surface area (Å²) in [6.07, 6.45) is 3.41. The lowest BCUT2D eigenvalue weighted by Crippen LogP contribution is -2.26. The van der Waals surface area contributed by atoms with Crippen molar-refractivity contribution >= 4 is 17.6 Å². The van der Waals surface area contributed by atoms with Crippen LogP contribution in [-0.2, 0) is 22.5 Å². The van der Waals surface area contributed by atoms with Crippen molar-refractivity contribution in [3.63, 3.8) is 0 Å². The number of Topliss-reactive ketones (excluding diaryl/α,β-unsaturated/α-hetero) is 1. The Hall–Kier alpha value is -3.15. The van der Waals surface area contributed by atoms with E-state index in [2.05, 4.69) is 4.99 Å². The zero-order valence-corrected chi connectivity index (χ0v) is 13.7. The van der Waals surface area contributed by atoms with Crippen LogP contribution in [0.4, 0.5) is 4.79 Å². The van der Waals surface area contributed by atoms with E-state index < -0.39 is 6.09 Å². The van der Waals surface area contributed by atoms with E-state index in [1.165, 1.54) is 11.7 Å². The van der Waals surface area contributed by atoms with Gasteiger partial charge in [-0.1, -0.05) is 30.3 Å². The third kappa shape index (κ3) is 2.55. The first kappa shape index (κ1) is 15.4. The third-order valence-electron chi connectivity index (χ3n) is 4.33. The van der Waals surface area contributed by atoms with E-state index in [-0.39, 0.29) is 23.8 Å². The molecule has 2 aliphatic rings. The second-order valence-corrected chi connectivity index (χ2v) is 5.85. The molecule has 126 valence electrons. The summed E-state index contributed by atoms with van der Waals surface area (Å²) in [7, 11) is 1.43. The van der Waals surface area contributed by atoms with Gasteiger partial charge in [-0.05, 0) is 17.5 Å². The number of carbonyl (C=O) groups is 2. The van der Waals surface area contributed by atoms with Gasteiger partial charge in [0.25, 0.3) is 0 Å². The first-order valence-corrected chi connectivity index (χ1v) is 7.99. The van der Waals surface area contributed by atoms with Crippen LogP contribution < -0.4 is 0 Å². The first-order chi connectivity index (χ1) is 12.2. The van der Waals surface area contributed by atoms with Crippen molar-refractivity contribution < 1.29 is 19.1 Å². The van der Waals surface area contributed by atoms with Crippen LogP contribution in [0.15, 0.2) is 53.4 Å². The highest BCUT2D eigenvalue weighted by Crippen LogP contribution is 2.30. The minimum absolute atomic E-state index is 0.143. The summed E-state index contributed by atoms with van der Waals surface area (Å²) in [6.45, 7) is 0.761. The van der Waals surface area contributed by atoms with E-state index in [1.54, 1.807) is 12.3 Å². The fourth-order valence-electron chi connectivity index (χ4n) is 3.14. The third-order valence-corrected chi connectivity index (χ3v) is 4.33. The van der Waals surface area contributed by atoms with Gasteiger partial charge in [0.15, 0.2) is 5.76 Å². The summed E-state index contributed by atoms with van der Waals surface area (Å²) in [6, 6.07) is 9.40. The van der Waals surface area contributed by atoms with Gasteiger partial charge in [-0.2, -0.15) is 0 Å². The Labute approximate surface area is 144 Å². The van der Waals surface area contributed by atoms with Crippen molar-refractivity contribution in [2.75, 3.05) is 13.7 Å². The normalized spacial score (nSPS) is 15.2. The summed E-state index contributed by atoms with van der Waals surface area (Å²) >= 11 is 0. The van der Waals surface area contributed by atoms with Gasteiger partial charge < -0.3 is 9.47 Å². The van der Waals surface area contributed by atoms with E-state index in [4.69, 9.17) is 9.47 Å². The average molecular weight is 336 g/mol. The van der Waals surface area contributed by atoms with Crippen LogP contribution in [0.3, 0.4) is 0 Å². The summed E-state index contributed by atoms with van der Waals surface area (Å²) in [5, 5.41) is 0. The number of aliphatic imine (C=N–C) groups is 1. The van der Waals surface area contributed by atoms with Crippen LogP contribution in [0.25, 0.3) is 0 Å². The zero-order valence-electron chi connectivity index (χ0n) is 13.7. The molecule has 1 aliphatic heterocycles.